The number of aromatic nitrogens is 1. The molecule has 1 heterocycles. The maximum atomic E-state index is 11.7. The fourth-order valence-corrected chi connectivity index (χ4v) is 4.77. The Morgan fingerprint density at radius 1 is 0.905 bits per heavy atom. The lowest BCUT2D eigenvalue weighted by Gasteiger charge is -2.16. The van der Waals surface area contributed by atoms with Crippen LogP contribution in [0.5, 0.6) is 0 Å². The summed E-state index contributed by atoms with van der Waals surface area (Å²) in [6, 6.07) is 21.7. The number of hydrogen-bond donors (Lipinski definition) is 5. The van der Waals surface area contributed by atoms with E-state index in [2.05, 4.69) is 22.4 Å². The highest BCUT2D eigenvalue weighted by Crippen LogP contribution is 2.32. The van der Waals surface area contributed by atoms with Gasteiger partial charge >= 0.3 is 0 Å². The molecule has 2 aromatic carbocycles. The van der Waals surface area contributed by atoms with Crippen LogP contribution in [0.4, 0.5) is 5.82 Å². The van der Waals surface area contributed by atoms with Crippen molar-refractivity contribution >= 4 is 23.4 Å². The molecule has 10 heteroatoms. The van der Waals surface area contributed by atoms with E-state index in [1.165, 1.54) is 16.8 Å². The molecule has 2 aliphatic carbocycles. The number of carbonyl (C=O) groups is 3. The molecule has 5 rings (SSSR count). The molecule has 1 aromatic heterocycles. The van der Waals surface area contributed by atoms with Crippen molar-refractivity contribution in [2.75, 3.05) is 5.73 Å². The highest BCUT2D eigenvalue weighted by molar-refractivity contribution is 5.99. The average Bonchev–Trinajstić information content (AvgIpc) is 3.27. The van der Waals surface area contributed by atoms with Gasteiger partial charge in [0.1, 0.15) is 18.3 Å². The average molecular weight is 575 g/mol. The number of nitrogens with two attached hydrogens (primary N) is 4. The maximum Gasteiger partial charge on any atom is 0.252 e. The number of ketones is 1. The number of nitriles is 1. The maximum absolute atomic E-state index is 11.7. The first-order chi connectivity index (χ1) is 20.2. The van der Waals surface area contributed by atoms with Gasteiger partial charge in [0.25, 0.3) is 5.91 Å². The quantitative estimate of drug-likeness (QED) is 0.307. The molecule has 3 aromatic rings. The van der Waals surface area contributed by atoms with Crippen molar-refractivity contribution in [3.8, 4) is 6.07 Å². The summed E-state index contributed by atoms with van der Waals surface area (Å²) in [5, 5.41) is 16.5. The number of fused-ring (bicyclic) bond motifs is 1. The zero-order chi connectivity index (χ0) is 30.9. The third-order valence-electron chi connectivity index (χ3n) is 6.90. The van der Waals surface area contributed by atoms with Gasteiger partial charge in [-0.05, 0) is 61.6 Å². The van der Waals surface area contributed by atoms with Gasteiger partial charge in [0, 0.05) is 25.2 Å². The first-order valence-electron chi connectivity index (χ1n) is 14.1. The second kappa shape index (κ2) is 18.1. The van der Waals surface area contributed by atoms with Crippen LogP contribution < -0.4 is 22.9 Å². The molecule has 42 heavy (non-hydrogen) atoms. The Labute approximate surface area is 247 Å². The summed E-state index contributed by atoms with van der Waals surface area (Å²) < 4.78 is 2.06. The van der Waals surface area contributed by atoms with Crippen LogP contribution in [0.15, 0.2) is 60.7 Å². The monoisotopic (exact) mass is 574 g/mol. The van der Waals surface area contributed by atoms with E-state index < -0.39 is 17.9 Å². The van der Waals surface area contributed by atoms with Crippen LogP contribution in [0.1, 0.15) is 77.7 Å². The van der Waals surface area contributed by atoms with E-state index in [1.54, 1.807) is 6.07 Å². The van der Waals surface area contributed by atoms with E-state index in [0.717, 1.165) is 44.1 Å². The van der Waals surface area contributed by atoms with Gasteiger partial charge in [-0.25, -0.2) is 0 Å². The van der Waals surface area contributed by atoms with Crippen LogP contribution in [-0.2, 0) is 35.5 Å². The first kappa shape index (κ1) is 33.7. The van der Waals surface area contributed by atoms with E-state index in [9.17, 15) is 14.4 Å². The van der Waals surface area contributed by atoms with Crippen molar-refractivity contribution in [2.45, 2.75) is 77.0 Å². The van der Waals surface area contributed by atoms with Crippen molar-refractivity contribution in [3.63, 3.8) is 0 Å². The SMILES string of the molecule is N#CCC(N)=O.NC(=O)c1c2c(n(Cc3ccccc3)c1N)CCCC2.NCc1ccccc1.O=C1CCCCC1O. The molecular weight excluding hydrogens is 532 g/mol. The minimum atomic E-state index is -0.635. The summed E-state index contributed by atoms with van der Waals surface area (Å²) >= 11 is 0. The molecule has 0 bridgehead atoms. The number of rotatable bonds is 5. The summed E-state index contributed by atoms with van der Waals surface area (Å²) in [5.74, 6) is -0.436. The molecule has 1 unspecified atom stereocenters. The summed E-state index contributed by atoms with van der Waals surface area (Å²) in [7, 11) is 0. The minimum absolute atomic E-state index is 0.0243. The number of nitrogen functional groups attached to an aromatic ring is 1. The Hall–Kier alpha value is -4.46. The summed E-state index contributed by atoms with van der Waals surface area (Å²) in [6.45, 7) is 1.34. The molecule has 1 saturated carbocycles. The number of primary amides is 2. The largest absolute Gasteiger partial charge is 0.385 e. The first-order valence-corrected chi connectivity index (χ1v) is 14.1. The van der Waals surface area contributed by atoms with Gasteiger partial charge in [-0.15, -0.1) is 0 Å². The smallest absolute Gasteiger partial charge is 0.252 e. The van der Waals surface area contributed by atoms with Gasteiger partial charge in [0.2, 0.25) is 5.91 Å². The topological polar surface area (TPSA) is 204 Å². The Balaban J connectivity index is 0.000000231. The number of benzene rings is 2. The normalized spacial score (nSPS) is 15.2. The molecule has 224 valence electrons. The predicted molar refractivity (Wildman–Crippen MR) is 163 cm³/mol. The number of nitrogens with zero attached hydrogens (tertiary/aromatic N) is 2. The van der Waals surface area contributed by atoms with E-state index in [4.69, 9.17) is 27.6 Å². The number of carbonyl (C=O) groups excluding carboxylic acids is 3. The van der Waals surface area contributed by atoms with Gasteiger partial charge in [0.05, 0.1) is 11.6 Å². The number of aliphatic hydroxyl groups is 1. The minimum Gasteiger partial charge on any atom is -0.385 e. The predicted octanol–water partition coefficient (Wildman–Crippen LogP) is 3.12. The molecule has 9 N–H and O–H groups in total. The van der Waals surface area contributed by atoms with Crippen LogP contribution in [0, 0.1) is 11.3 Å². The zero-order valence-corrected chi connectivity index (χ0v) is 24.0. The van der Waals surface area contributed by atoms with Crippen molar-refractivity contribution < 1.29 is 19.5 Å². The molecule has 0 spiro atoms. The number of aliphatic hydroxyl groups excluding tert-OH is 1. The lowest BCUT2D eigenvalue weighted by Crippen LogP contribution is -2.23. The van der Waals surface area contributed by atoms with Crippen molar-refractivity contribution in [1.29, 1.82) is 5.26 Å². The van der Waals surface area contributed by atoms with Gasteiger partial charge in [0.15, 0.2) is 5.78 Å². The molecule has 0 aliphatic heterocycles. The second-order valence-corrected chi connectivity index (χ2v) is 10.0. The third-order valence-corrected chi connectivity index (χ3v) is 6.90. The lowest BCUT2D eigenvalue weighted by atomic mass is 9.94. The molecule has 10 nitrogen and oxygen atoms in total. The number of amides is 2. The molecule has 2 amide bonds. The van der Waals surface area contributed by atoms with Crippen molar-refractivity contribution in [3.05, 3.63) is 88.6 Å². The Morgan fingerprint density at radius 2 is 1.48 bits per heavy atom. The molecule has 2 aliphatic rings. The highest BCUT2D eigenvalue weighted by Gasteiger charge is 2.26. The highest BCUT2D eigenvalue weighted by atomic mass is 16.3. The fourth-order valence-electron chi connectivity index (χ4n) is 4.77. The van der Waals surface area contributed by atoms with Gasteiger partial charge in [-0.2, -0.15) is 5.26 Å². The molecule has 0 radical (unpaired) electrons. The Morgan fingerprint density at radius 3 is 1.90 bits per heavy atom. The number of Topliss-reactive ketones (excluding diaryl/α,β-unsaturated/α-hetero) is 1. The second-order valence-electron chi connectivity index (χ2n) is 10.0. The standard InChI is InChI=1S/C16H19N3O.C7H9N.C6H10O2.C3H4N2O/c17-15-14(16(18)20)12-8-4-5-9-13(12)19(15)10-11-6-2-1-3-7-11;8-6-7-4-2-1-3-5-7;7-5-3-1-2-4-6(5)8;4-2-1-3(5)6/h1-3,6-7H,4-5,8-10,17H2,(H2,18,20);1-5H,6,8H2;5,7H,1-4H2;1H2,(H2,5,6). The van der Waals surface area contributed by atoms with Crippen LogP contribution in [0.25, 0.3) is 0 Å². The van der Waals surface area contributed by atoms with Crippen LogP contribution in [0.3, 0.4) is 0 Å². The molecule has 1 fully saturated rings. The Kier molecular flexibility index (Phi) is 14.5. The van der Waals surface area contributed by atoms with Crippen LogP contribution in [-0.4, -0.2) is 33.4 Å². The number of hydrogen-bond acceptors (Lipinski definition) is 7. The zero-order valence-electron chi connectivity index (χ0n) is 24.0. The van der Waals surface area contributed by atoms with Crippen molar-refractivity contribution in [2.24, 2.45) is 17.2 Å². The Bertz CT molecular complexity index is 1330. The van der Waals surface area contributed by atoms with E-state index >= 15 is 0 Å². The molecular formula is C32H42N6O4. The summed E-state index contributed by atoms with van der Waals surface area (Å²) in [4.78, 5) is 31.8. The van der Waals surface area contributed by atoms with Gasteiger partial charge < -0.3 is 32.6 Å². The van der Waals surface area contributed by atoms with Crippen LogP contribution in [0.2, 0.25) is 0 Å². The molecule has 0 saturated heterocycles. The van der Waals surface area contributed by atoms with E-state index in [1.807, 2.05) is 48.5 Å². The van der Waals surface area contributed by atoms with E-state index in [0.29, 0.717) is 37.3 Å². The van der Waals surface area contributed by atoms with Gasteiger partial charge in [-0.1, -0.05) is 60.7 Å². The summed E-state index contributed by atoms with van der Waals surface area (Å²) in [5.41, 5.74) is 26.8. The van der Waals surface area contributed by atoms with Gasteiger partial charge in [-0.3, -0.25) is 14.4 Å². The van der Waals surface area contributed by atoms with Crippen molar-refractivity contribution in [1.82, 2.24) is 4.57 Å². The molecule has 1 atom stereocenters. The lowest BCUT2D eigenvalue weighted by molar-refractivity contribution is -0.129. The van der Waals surface area contributed by atoms with Crippen LogP contribution >= 0.6 is 0 Å². The summed E-state index contributed by atoms with van der Waals surface area (Å²) in [6.07, 6.45) is 6.54. The van der Waals surface area contributed by atoms with E-state index in [-0.39, 0.29) is 12.2 Å². The number of anilines is 1. The third kappa shape index (κ3) is 10.8. The fraction of sp³-hybridized carbons (Fsp3) is 0.375.